The minimum atomic E-state index is -0.427. The zero-order valence-electron chi connectivity index (χ0n) is 14.5. The Kier molecular flexibility index (Phi) is 4.02. The number of nitro groups is 2. The number of hydrogen-bond donors (Lipinski definition) is 1. The van der Waals surface area contributed by atoms with E-state index in [1.807, 2.05) is 6.07 Å². The lowest BCUT2D eigenvalue weighted by molar-refractivity contribution is -0.385. The van der Waals surface area contributed by atoms with Crippen LogP contribution in [0, 0.1) is 26.1 Å². The lowest BCUT2D eigenvalue weighted by atomic mass is 9.76. The van der Waals surface area contributed by atoms with Gasteiger partial charge in [0.15, 0.2) is 0 Å². The third-order valence-electron chi connectivity index (χ3n) is 5.29. The van der Waals surface area contributed by atoms with Gasteiger partial charge in [0.25, 0.3) is 11.4 Å². The number of anilines is 1. The summed E-state index contributed by atoms with van der Waals surface area (Å²) in [6.45, 7) is 0. The van der Waals surface area contributed by atoms with Crippen LogP contribution in [0.5, 0.6) is 5.75 Å². The molecule has 0 saturated heterocycles. The normalized spacial score (nSPS) is 22.5. The van der Waals surface area contributed by atoms with Crippen molar-refractivity contribution in [1.82, 2.24) is 0 Å². The van der Waals surface area contributed by atoms with Gasteiger partial charge >= 0.3 is 0 Å². The lowest BCUT2D eigenvalue weighted by Gasteiger charge is -2.37. The molecular weight excluding hydrogens is 350 g/mol. The van der Waals surface area contributed by atoms with Gasteiger partial charge in [0.05, 0.1) is 34.8 Å². The first-order valence-electron chi connectivity index (χ1n) is 8.53. The van der Waals surface area contributed by atoms with Crippen molar-refractivity contribution in [2.24, 2.45) is 5.92 Å². The highest BCUT2D eigenvalue weighted by Crippen LogP contribution is 2.53. The van der Waals surface area contributed by atoms with Crippen LogP contribution in [0.1, 0.15) is 29.5 Å². The summed E-state index contributed by atoms with van der Waals surface area (Å²) in [7, 11) is 1.47. The minimum Gasteiger partial charge on any atom is -0.494 e. The van der Waals surface area contributed by atoms with E-state index < -0.39 is 9.85 Å². The molecule has 27 heavy (non-hydrogen) atoms. The average molecular weight is 367 g/mol. The maximum Gasteiger partial charge on any atom is 0.273 e. The smallest absolute Gasteiger partial charge is 0.273 e. The Hall–Kier alpha value is -3.42. The summed E-state index contributed by atoms with van der Waals surface area (Å²) in [5.74, 6) is 0.499. The monoisotopic (exact) mass is 367 g/mol. The summed E-state index contributed by atoms with van der Waals surface area (Å²) in [6.07, 6.45) is 4.90. The second-order valence-electron chi connectivity index (χ2n) is 6.70. The van der Waals surface area contributed by atoms with E-state index in [1.54, 1.807) is 18.2 Å². The van der Waals surface area contributed by atoms with Gasteiger partial charge in [0, 0.05) is 24.1 Å². The number of allylic oxidation sites excluding steroid dienone is 2. The molecule has 2 aromatic carbocycles. The van der Waals surface area contributed by atoms with Gasteiger partial charge in [-0.2, -0.15) is 0 Å². The summed E-state index contributed by atoms with van der Waals surface area (Å²) >= 11 is 0. The SMILES string of the molecule is COc1cc([N+](=O)[O-])cc2c1N[C@@H](c1cccc([N+](=O)[O-])c1)[C@@H]1CC=C[C@H]21. The molecule has 0 fully saturated rings. The molecular formula is C19H17N3O5. The Morgan fingerprint density at radius 1 is 1.11 bits per heavy atom. The predicted molar refractivity (Wildman–Crippen MR) is 99.1 cm³/mol. The first kappa shape index (κ1) is 17.0. The van der Waals surface area contributed by atoms with Gasteiger partial charge in [0.1, 0.15) is 5.75 Å². The second kappa shape index (κ2) is 6.39. The largest absolute Gasteiger partial charge is 0.494 e. The summed E-state index contributed by atoms with van der Waals surface area (Å²) in [4.78, 5) is 21.6. The number of ether oxygens (including phenoxy) is 1. The van der Waals surface area contributed by atoms with Crippen molar-refractivity contribution in [3.8, 4) is 5.75 Å². The molecule has 1 aliphatic carbocycles. The average Bonchev–Trinajstić information content (AvgIpc) is 3.16. The number of non-ortho nitro benzene ring substituents is 2. The Morgan fingerprint density at radius 2 is 1.89 bits per heavy atom. The Morgan fingerprint density at radius 3 is 2.59 bits per heavy atom. The van der Waals surface area contributed by atoms with Gasteiger partial charge in [-0.25, -0.2) is 0 Å². The fourth-order valence-electron chi connectivity index (χ4n) is 4.08. The molecule has 1 N–H and O–H groups in total. The van der Waals surface area contributed by atoms with Crippen molar-refractivity contribution in [1.29, 1.82) is 0 Å². The van der Waals surface area contributed by atoms with Crippen LogP contribution < -0.4 is 10.1 Å². The molecule has 4 rings (SSSR count). The van der Waals surface area contributed by atoms with Gasteiger partial charge in [-0.15, -0.1) is 0 Å². The third-order valence-corrected chi connectivity index (χ3v) is 5.29. The van der Waals surface area contributed by atoms with Crippen LogP contribution in [0.4, 0.5) is 17.1 Å². The fraction of sp³-hybridized carbons (Fsp3) is 0.263. The van der Waals surface area contributed by atoms with E-state index in [2.05, 4.69) is 17.5 Å². The molecule has 2 aliphatic rings. The molecule has 1 aliphatic heterocycles. The zero-order valence-corrected chi connectivity index (χ0v) is 14.5. The van der Waals surface area contributed by atoms with Crippen LogP contribution in [0.15, 0.2) is 48.6 Å². The maximum atomic E-state index is 11.3. The van der Waals surface area contributed by atoms with Crippen LogP contribution in [0.2, 0.25) is 0 Å². The van der Waals surface area contributed by atoms with Crippen LogP contribution in [0.3, 0.4) is 0 Å². The fourth-order valence-corrected chi connectivity index (χ4v) is 4.08. The summed E-state index contributed by atoms with van der Waals surface area (Å²) < 4.78 is 5.40. The summed E-state index contributed by atoms with van der Waals surface area (Å²) in [6, 6.07) is 9.41. The molecule has 3 atom stereocenters. The molecule has 8 heteroatoms. The Bertz CT molecular complexity index is 972. The Balaban J connectivity index is 1.83. The van der Waals surface area contributed by atoms with Crippen molar-refractivity contribution in [3.05, 3.63) is 79.9 Å². The molecule has 8 nitrogen and oxygen atoms in total. The first-order chi connectivity index (χ1) is 13.0. The van der Waals surface area contributed by atoms with Crippen molar-refractivity contribution >= 4 is 17.1 Å². The van der Waals surface area contributed by atoms with Gasteiger partial charge in [-0.3, -0.25) is 20.2 Å². The molecule has 0 aromatic heterocycles. The molecule has 0 amide bonds. The number of nitro benzene ring substituents is 2. The summed E-state index contributed by atoms with van der Waals surface area (Å²) in [5.41, 5.74) is 2.36. The first-order valence-corrected chi connectivity index (χ1v) is 8.53. The van der Waals surface area contributed by atoms with Crippen molar-refractivity contribution in [2.75, 3.05) is 12.4 Å². The van der Waals surface area contributed by atoms with Crippen LogP contribution in [-0.2, 0) is 0 Å². The molecule has 0 bridgehead atoms. The minimum absolute atomic E-state index is 0.0137. The highest BCUT2D eigenvalue weighted by atomic mass is 16.6. The number of rotatable bonds is 4. The molecule has 2 aromatic rings. The van der Waals surface area contributed by atoms with Crippen molar-refractivity contribution in [3.63, 3.8) is 0 Å². The van der Waals surface area contributed by atoms with E-state index >= 15 is 0 Å². The van der Waals surface area contributed by atoms with E-state index in [0.717, 1.165) is 17.5 Å². The predicted octanol–water partition coefficient (Wildman–Crippen LogP) is 4.34. The molecule has 0 unspecified atom stereocenters. The van der Waals surface area contributed by atoms with Crippen LogP contribution in [0.25, 0.3) is 0 Å². The van der Waals surface area contributed by atoms with Crippen molar-refractivity contribution < 1.29 is 14.6 Å². The van der Waals surface area contributed by atoms with Gasteiger partial charge in [0.2, 0.25) is 0 Å². The molecule has 138 valence electrons. The van der Waals surface area contributed by atoms with E-state index in [1.165, 1.54) is 19.2 Å². The third kappa shape index (κ3) is 2.79. The second-order valence-corrected chi connectivity index (χ2v) is 6.70. The van der Waals surface area contributed by atoms with Gasteiger partial charge in [-0.05, 0) is 23.5 Å². The number of nitrogens with zero attached hydrogens (tertiary/aromatic N) is 2. The van der Waals surface area contributed by atoms with E-state index in [9.17, 15) is 20.2 Å². The number of hydrogen-bond acceptors (Lipinski definition) is 6. The quantitative estimate of drug-likeness (QED) is 0.489. The molecule has 0 radical (unpaired) electrons. The zero-order chi connectivity index (χ0) is 19.1. The maximum absolute atomic E-state index is 11.3. The van der Waals surface area contributed by atoms with Crippen LogP contribution in [-0.4, -0.2) is 17.0 Å². The summed E-state index contributed by atoms with van der Waals surface area (Å²) in [5, 5.41) is 25.9. The van der Waals surface area contributed by atoms with E-state index in [-0.39, 0.29) is 29.3 Å². The molecule has 1 heterocycles. The Labute approximate surface area is 154 Å². The standard InChI is InChI=1S/C19H17N3O5/c1-27-17-10-13(22(25)26)9-16-14-6-3-7-15(14)18(20-19(16)17)11-4-2-5-12(8-11)21(23)24/h2-6,8-10,14-15,18,20H,7H2,1H3/t14-,15+,18-/m0/s1. The van der Waals surface area contributed by atoms with Crippen molar-refractivity contribution in [2.45, 2.75) is 18.4 Å². The lowest BCUT2D eigenvalue weighted by Crippen LogP contribution is -2.29. The number of benzene rings is 2. The highest BCUT2D eigenvalue weighted by molar-refractivity contribution is 5.71. The highest BCUT2D eigenvalue weighted by Gasteiger charge is 2.40. The molecule has 0 spiro atoms. The number of fused-ring (bicyclic) bond motifs is 3. The van der Waals surface area contributed by atoms with E-state index in [0.29, 0.717) is 11.4 Å². The van der Waals surface area contributed by atoms with E-state index in [4.69, 9.17) is 4.74 Å². The van der Waals surface area contributed by atoms with Gasteiger partial charge < -0.3 is 10.1 Å². The van der Waals surface area contributed by atoms with Crippen LogP contribution >= 0.6 is 0 Å². The molecule has 0 saturated carbocycles. The van der Waals surface area contributed by atoms with Gasteiger partial charge in [-0.1, -0.05) is 24.3 Å². The topological polar surface area (TPSA) is 108 Å². The number of nitrogens with one attached hydrogen (secondary N) is 1. The number of methoxy groups -OCH3 is 1.